The third-order valence-corrected chi connectivity index (χ3v) is 3.96. The minimum absolute atomic E-state index is 0.244. The normalized spacial score (nSPS) is 18.7. The van der Waals surface area contributed by atoms with Gasteiger partial charge in [0.15, 0.2) is 0 Å². The quantitative estimate of drug-likeness (QED) is 0.797. The summed E-state index contributed by atoms with van der Waals surface area (Å²) in [5.41, 5.74) is 2.27. The van der Waals surface area contributed by atoms with Crippen molar-refractivity contribution in [3.63, 3.8) is 0 Å². The van der Waals surface area contributed by atoms with Gasteiger partial charge in [0.25, 0.3) is 0 Å². The number of amides is 1. The number of hydrogen-bond acceptors (Lipinski definition) is 2. The predicted octanol–water partition coefficient (Wildman–Crippen LogP) is 2.81. The van der Waals surface area contributed by atoms with Crippen molar-refractivity contribution in [3.05, 3.63) is 54.7 Å². The minimum Gasteiger partial charge on any atom is -0.342 e. The van der Waals surface area contributed by atoms with Crippen LogP contribution in [0.4, 0.5) is 0 Å². The summed E-state index contributed by atoms with van der Waals surface area (Å²) in [6.07, 6.45) is 5.18. The third kappa shape index (κ3) is 2.44. The zero-order valence-electron chi connectivity index (χ0n) is 11.5. The fraction of sp³-hybridized carbons (Fsp3) is 0.294. The molecule has 3 heteroatoms. The standard InChI is InChI=1S/C17H18N2O/c1-2-13-11-17(20)19(12-13)10-8-14-5-3-7-16-15(14)6-4-9-18-16/h2-7,9,13H,1,8,10-12H2. The van der Waals surface area contributed by atoms with Crippen LogP contribution in [0.15, 0.2) is 49.2 Å². The van der Waals surface area contributed by atoms with Gasteiger partial charge in [-0.05, 0) is 24.1 Å². The van der Waals surface area contributed by atoms with Crippen LogP contribution in [0.5, 0.6) is 0 Å². The fourth-order valence-corrected chi connectivity index (χ4v) is 2.82. The summed E-state index contributed by atoms with van der Waals surface area (Å²) in [6, 6.07) is 10.2. The molecule has 102 valence electrons. The van der Waals surface area contributed by atoms with Crippen molar-refractivity contribution in [1.82, 2.24) is 9.88 Å². The Morgan fingerprint density at radius 3 is 3.05 bits per heavy atom. The van der Waals surface area contributed by atoms with E-state index in [1.807, 2.05) is 35.4 Å². The lowest BCUT2D eigenvalue weighted by Gasteiger charge is -2.16. The predicted molar refractivity (Wildman–Crippen MR) is 80.3 cm³/mol. The lowest BCUT2D eigenvalue weighted by atomic mass is 10.1. The highest BCUT2D eigenvalue weighted by molar-refractivity contribution is 5.82. The van der Waals surface area contributed by atoms with Crippen LogP contribution in [0, 0.1) is 5.92 Å². The molecule has 3 nitrogen and oxygen atoms in total. The van der Waals surface area contributed by atoms with Gasteiger partial charge in [0.2, 0.25) is 5.91 Å². The van der Waals surface area contributed by atoms with Gasteiger partial charge in [-0.25, -0.2) is 0 Å². The van der Waals surface area contributed by atoms with E-state index in [2.05, 4.69) is 23.7 Å². The second kappa shape index (κ2) is 5.45. The molecule has 1 unspecified atom stereocenters. The molecule has 20 heavy (non-hydrogen) atoms. The van der Waals surface area contributed by atoms with Gasteiger partial charge in [-0.15, -0.1) is 6.58 Å². The first-order chi connectivity index (χ1) is 9.78. The molecule has 1 aliphatic heterocycles. The number of pyridine rings is 1. The molecule has 1 fully saturated rings. The Bertz CT molecular complexity index is 645. The van der Waals surface area contributed by atoms with Crippen LogP contribution in [0.25, 0.3) is 10.9 Å². The number of hydrogen-bond donors (Lipinski definition) is 0. The van der Waals surface area contributed by atoms with Gasteiger partial charge in [0.05, 0.1) is 5.52 Å². The molecule has 2 heterocycles. The van der Waals surface area contributed by atoms with Gasteiger partial charge < -0.3 is 4.90 Å². The molecule has 0 radical (unpaired) electrons. The van der Waals surface area contributed by atoms with Crippen LogP contribution in [0.3, 0.4) is 0 Å². The zero-order valence-corrected chi connectivity index (χ0v) is 11.5. The molecular formula is C17H18N2O. The van der Waals surface area contributed by atoms with Crippen LogP contribution < -0.4 is 0 Å². The summed E-state index contributed by atoms with van der Waals surface area (Å²) < 4.78 is 0. The largest absolute Gasteiger partial charge is 0.342 e. The van der Waals surface area contributed by atoms with Crippen LogP contribution in [-0.2, 0) is 11.2 Å². The van der Waals surface area contributed by atoms with Crippen molar-refractivity contribution >= 4 is 16.8 Å². The summed E-state index contributed by atoms with van der Waals surface area (Å²) in [7, 11) is 0. The molecule has 0 N–H and O–H groups in total. The van der Waals surface area contributed by atoms with Gasteiger partial charge >= 0.3 is 0 Å². The van der Waals surface area contributed by atoms with Crippen LogP contribution in [0.1, 0.15) is 12.0 Å². The highest BCUT2D eigenvalue weighted by atomic mass is 16.2. The maximum absolute atomic E-state index is 11.9. The number of fused-ring (bicyclic) bond motifs is 1. The number of aromatic nitrogens is 1. The van der Waals surface area contributed by atoms with E-state index >= 15 is 0 Å². The molecule has 1 aromatic carbocycles. The van der Waals surface area contributed by atoms with Crippen LogP contribution >= 0.6 is 0 Å². The van der Waals surface area contributed by atoms with Crippen molar-refractivity contribution in [2.24, 2.45) is 5.92 Å². The highest BCUT2D eigenvalue weighted by Crippen LogP contribution is 2.21. The van der Waals surface area contributed by atoms with Gasteiger partial charge in [-0.3, -0.25) is 9.78 Å². The topological polar surface area (TPSA) is 33.2 Å². The monoisotopic (exact) mass is 266 g/mol. The Morgan fingerprint density at radius 1 is 1.35 bits per heavy atom. The number of carbonyl (C=O) groups excluding carboxylic acids is 1. The summed E-state index contributed by atoms with van der Waals surface area (Å²) in [5, 5.41) is 1.18. The lowest BCUT2D eigenvalue weighted by molar-refractivity contribution is -0.127. The summed E-state index contributed by atoms with van der Waals surface area (Å²) >= 11 is 0. The van der Waals surface area contributed by atoms with E-state index in [-0.39, 0.29) is 5.91 Å². The first-order valence-corrected chi connectivity index (χ1v) is 7.01. The van der Waals surface area contributed by atoms with E-state index in [1.165, 1.54) is 10.9 Å². The van der Waals surface area contributed by atoms with Crippen molar-refractivity contribution in [1.29, 1.82) is 0 Å². The second-order valence-corrected chi connectivity index (χ2v) is 5.28. The SMILES string of the molecule is C=CC1CC(=O)N(CCc2cccc3ncccc23)C1. The Labute approximate surface area is 118 Å². The van der Waals surface area contributed by atoms with Gasteiger partial charge in [-0.2, -0.15) is 0 Å². The smallest absolute Gasteiger partial charge is 0.223 e. The molecule has 3 rings (SSSR count). The molecule has 0 bridgehead atoms. The summed E-state index contributed by atoms with van der Waals surface area (Å²) in [4.78, 5) is 18.2. The van der Waals surface area contributed by atoms with Crippen molar-refractivity contribution in [2.45, 2.75) is 12.8 Å². The first kappa shape index (κ1) is 12.9. The van der Waals surface area contributed by atoms with Crippen molar-refractivity contribution < 1.29 is 4.79 Å². The number of nitrogens with zero attached hydrogens (tertiary/aromatic N) is 2. The van der Waals surface area contributed by atoms with Crippen molar-refractivity contribution in [2.75, 3.05) is 13.1 Å². The molecule has 2 aromatic rings. The Kier molecular flexibility index (Phi) is 3.50. The third-order valence-electron chi connectivity index (χ3n) is 3.96. The van der Waals surface area contributed by atoms with E-state index in [9.17, 15) is 4.79 Å². The molecule has 1 aliphatic rings. The van der Waals surface area contributed by atoms with Gasteiger partial charge in [-0.1, -0.05) is 24.3 Å². The van der Waals surface area contributed by atoms with E-state index < -0.39 is 0 Å². The maximum Gasteiger partial charge on any atom is 0.223 e. The molecule has 1 amide bonds. The van der Waals surface area contributed by atoms with E-state index in [0.29, 0.717) is 12.3 Å². The van der Waals surface area contributed by atoms with E-state index in [0.717, 1.165) is 25.0 Å². The summed E-state index contributed by atoms with van der Waals surface area (Å²) in [5.74, 6) is 0.560. The minimum atomic E-state index is 0.244. The van der Waals surface area contributed by atoms with Crippen molar-refractivity contribution in [3.8, 4) is 0 Å². The second-order valence-electron chi connectivity index (χ2n) is 5.28. The molecule has 0 saturated carbocycles. The number of likely N-dealkylation sites (tertiary alicyclic amines) is 1. The lowest BCUT2D eigenvalue weighted by Crippen LogP contribution is -2.27. The van der Waals surface area contributed by atoms with Crippen LogP contribution in [-0.4, -0.2) is 28.9 Å². The van der Waals surface area contributed by atoms with Gasteiger partial charge in [0.1, 0.15) is 0 Å². The van der Waals surface area contributed by atoms with Crippen LogP contribution in [0.2, 0.25) is 0 Å². The first-order valence-electron chi connectivity index (χ1n) is 7.01. The Balaban J connectivity index is 1.74. The Hall–Kier alpha value is -2.16. The Morgan fingerprint density at radius 2 is 2.25 bits per heavy atom. The van der Waals surface area contributed by atoms with E-state index in [1.54, 1.807) is 0 Å². The highest BCUT2D eigenvalue weighted by Gasteiger charge is 2.26. The van der Waals surface area contributed by atoms with E-state index in [4.69, 9.17) is 0 Å². The number of rotatable bonds is 4. The summed E-state index contributed by atoms with van der Waals surface area (Å²) in [6.45, 7) is 5.37. The molecule has 0 aliphatic carbocycles. The fourth-order valence-electron chi connectivity index (χ4n) is 2.82. The van der Waals surface area contributed by atoms with Gasteiger partial charge in [0, 0.05) is 37.0 Å². The average Bonchev–Trinajstić information content (AvgIpc) is 2.85. The maximum atomic E-state index is 11.9. The average molecular weight is 266 g/mol. The molecule has 1 atom stereocenters. The zero-order chi connectivity index (χ0) is 13.9. The molecule has 1 aromatic heterocycles. The molecular weight excluding hydrogens is 248 g/mol. The molecule has 0 spiro atoms. The molecule has 1 saturated heterocycles. The number of carbonyl (C=O) groups is 1. The number of benzene rings is 1.